The van der Waals surface area contributed by atoms with Gasteiger partial charge in [0.25, 0.3) is 5.69 Å². The number of nitro benzene ring substituents is 1. The minimum Gasteiger partial charge on any atom is -0.355 e. The summed E-state index contributed by atoms with van der Waals surface area (Å²) < 4.78 is 0.765. The summed E-state index contributed by atoms with van der Waals surface area (Å²) in [4.78, 5) is 10.5. The van der Waals surface area contributed by atoms with E-state index in [9.17, 15) is 10.1 Å². The van der Waals surface area contributed by atoms with Crippen LogP contribution in [0.4, 0.5) is 17.1 Å². The van der Waals surface area contributed by atoms with Gasteiger partial charge in [-0.3, -0.25) is 10.1 Å². The van der Waals surface area contributed by atoms with Gasteiger partial charge in [-0.05, 0) is 31.2 Å². The van der Waals surface area contributed by atoms with Crippen LogP contribution < -0.4 is 5.32 Å². The van der Waals surface area contributed by atoms with Gasteiger partial charge in [0, 0.05) is 27.5 Å². The number of aryl methyl sites for hydroxylation is 1. The number of nitriles is 1. The molecule has 5 nitrogen and oxygen atoms in total. The summed E-state index contributed by atoms with van der Waals surface area (Å²) in [7, 11) is 0. The van der Waals surface area contributed by atoms with Crippen molar-refractivity contribution in [2.24, 2.45) is 0 Å². The van der Waals surface area contributed by atoms with E-state index < -0.39 is 4.92 Å². The van der Waals surface area contributed by atoms with Crippen molar-refractivity contribution in [3.8, 4) is 6.07 Å². The van der Waals surface area contributed by atoms with Crippen LogP contribution in [0.5, 0.6) is 0 Å². The Morgan fingerprint density at radius 3 is 2.65 bits per heavy atom. The summed E-state index contributed by atoms with van der Waals surface area (Å²) in [6.07, 6.45) is 0. The highest BCUT2D eigenvalue weighted by molar-refractivity contribution is 9.10. The summed E-state index contributed by atoms with van der Waals surface area (Å²) in [6.45, 7) is 1.69. The summed E-state index contributed by atoms with van der Waals surface area (Å²) in [5.74, 6) is 0. The first-order valence-electron chi connectivity index (χ1n) is 5.72. The van der Waals surface area contributed by atoms with Crippen LogP contribution in [0.2, 0.25) is 0 Å². The second-order valence-electron chi connectivity index (χ2n) is 4.22. The largest absolute Gasteiger partial charge is 0.355 e. The number of benzene rings is 2. The fourth-order valence-corrected chi connectivity index (χ4v) is 2.27. The number of nitrogens with one attached hydrogen (secondary N) is 1. The Labute approximate surface area is 124 Å². The lowest BCUT2D eigenvalue weighted by Gasteiger charge is -2.08. The molecule has 1 N–H and O–H groups in total. The second-order valence-corrected chi connectivity index (χ2v) is 5.14. The Morgan fingerprint density at radius 2 is 2.00 bits per heavy atom. The van der Waals surface area contributed by atoms with Gasteiger partial charge >= 0.3 is 0 Å². The highest BCUT2D eigenvalue weighted by Crippen LogP contribution is 2.27. The third-order valence-corrected chi connectivity index (χ3v) is 3.18. The van der Waals surface area contributed by atoms with E-state index in [-0.39, 0.29) is 5.69 Å². The van der Waals surface area contributed by atoms with E-state index in [0.717, 1.165) is 4.47 Å². The van der Waals surface area contributed by atoms with Crippen LogP contribution in [-0.2, 0) is 0 Å². The van der Waals surface area contributed by atoms with Crippen molar-refractivity contribution in [1.29, 1.82) is 5.26 Å². The van der Waals surface area contributed by atoms with E-state index in [0.29, 0.717) is 22.5 Å². The Hall–Kier alpha value is -2.39. The van der Waals surface area contributed by atoms with Crippen LogP contribution in [0.25, 0.3) is 0 Å². The number of nitro groups is 1. The molecular weight excluding hydrogens is 322 g/mol. The van der Waals surface area contributed by atoms with Crippen LogP contribution >= 0.6 is 15.9 Å². The first kappa shape index (κ1) is 14.0. The minimum atomic E-state index is -0.415. The van der Waals surface area contributed by atoms with E-state index in [4.69, 9.17) is 5.26 Å². The van der Waals surface area contributed by atoms with Gasteiger partial charge in [-0.15, -0.1) is 0 Å². The standard InChI is InChI=1S/C14H10BrN3O2/c1-9-2-3-12(7-14(9)18(19)20)17-13-5-10(8-16)4-11(15)6-13/h2-7,17H,1H3. The number of anilines is 2. The molecule has 6 heteroatoms. The summed E-state index contributed by atoms with van der Waals surface area (Å²) in [5, 5.41) is 22.9. The topological polar surface area (TPSA) is 79.0 Å². The first-order valence-corrected chi connectivity index (χ1v) is 6.51. The summed E-state index contributed by atoms with van der Waals surface area (Å²) in [6, 6.07) is 12.1. The van der Waals surface area contributed by atoms with E-state index in [1.54, 1.807) is 37.3 Å². The Morgan fingerprint density at radius 1 is 1.25 bits per heavy atom. The van der Waals surface area contributed by atoms with E-state index >= 15 is 0 Å². The third-order valence-electron chi connectivity index (χ3n) is 2.72. The summed E-state index contributed by atoms with van der Waals surface area (Å²) in [5.41, 5.74) is 2.46. The van der Waals surface area contributed by atoms with E-state index in [1.807, 2.05) is 0 Å². The van der Waals surface area contributed by atoms with Crippen molar-refractivity contribution < 1.29 is 4.92 Å². The predicted octanol–water partition coefficient (Wildman–Crippen LogP) is 4.28. The van der Waals surface area contributed by atoms with Crippen molar-refractivity contribution in [2.75, 3.05) is 5.32 Å². The van der Waals surface area contributed by atoms with Crippen molar-refractivity contribution in [1.82, 2.24) is 0 Å². The van der Waals surface area contributed by atoms with E-state index in [2.05, 4.69) is 27.3 Å². The lowest BCUT2D eigenvalue weighted by atomic mass is 10.1. The molecule has 0 heterocycles. The van der Waals surface area contributed by atoms with Gasteiger partial charge in [-0.2, -0.15) is 5.26 Å². The Bertz CT molecular complexity index is 723. The maximum Gasteiger partial charge on any atom is 0.274 e. The number of hydrogen-bond acceptors (Lipinski definition) is 4. The molecule has 0 aromatic heterocycles. The monoisotopic (exact) mass is 331 g/mol. The van der Waals surface area contributed by atoms with Crippen LogP contribution in [0.15, 0.2) is 40.9 Å². The molecule has 0 saturated carbocycles. The zero-order chi connectivity index (χ0) is 14.7. The van der Waals surface area contributed by atoms with Crippen LogP contribution in [-0.4, -0.2) is 4.92 Å². The third kappa shape index (κ3) is 3.13. The average molecular weight is 332 g/mol. The number of nitrogens with zero attached hydrogens (tertiary/aromatic N) is 2. The predicted molar refractivity (Wildman–Crippen MR) is 80.0 cm³/mol. The molecule has 2 aromatic rings. The maximum atomic E-state index is 10.9. The fraction of sp³-hybridized carbons (Fsp3) is 0.0714. The highest BCUT2D eigenvalue weighted by Gasteiger charge is 2.11. The zero-order valence-corrected chi connectivity index (χ0v) is 12.1. The number of halogens is 1. The van der Waals surface area contributed by atoms with Gasteiger partial charge in [-0.1, -0.05) is 22.0 Å². The molecule has 0 unspecified atom stereocenters. The lowest BCUT2D eigenvalue weighted by Crippen LogP contribution is -1.95. The summed E-state index contributed by atoms with van der Waals surface area (Å²) >= 11 is 3.32. The van der Waals surface area contributed by atoms with Crippen molar-refractivity contribution >= 4 is 33.0 Å². The molecule has 0 fully saturated rings. The van der Waals surface area contributed by atoms with Gasteiger partial charge in [-0.25, -0.2) is 0 Å². The van der Waals surface area contributed by atoms with Crippen LogP contribution in [0.3, 0.4) is 0 Å². The van der Waals surface area contributed by atoms with Gasteiger partial charge in [0.1, 0.15) is 0 Å². The molecule has 0 aliphatic rings. The van der Waals surface area contributed by atoms with Crippen molar-refractivity contribution in [3.05, 3.63) is 62.1 Å². The SMILES string of the molecule is Cc1ccc(Nc2cc(Br)cc(C#N)c2)cc1[N+](=O)[O-]. The van der Waals surface area contributed by atoms with Gasteiger partial charge in [0.15, 0.2) is 0 Å². The molecule has 0 aliphatic heterocycles. The van der Waals surface area contributed by atoms with E-state index in [1.165, 1.54) is 6.07 Å². The molecule has 20 heavy (non-hydrogen) atoms. The molecular formula is C14H10BrN3O2. The van der Waals surface area contributed by atoms with Gasteiger partial charge < -0.3 is 5.32 Å². The number of rotatable bonds is 3. The quantitative estimate of drug-likeness (QED) is 0.672. The average Bonchev–Trinajstić information content (AvgIpc) is 2.40. The molecule has 0 aliphatic carbocycles. The maximum absolute atomic E-state index is 10.9. The first-order chi connectivity index (χ1) is 9.49. The smallest absolute Gasteiger partial charge is 0.274 e. The lowest BCUT2D eigenvalue weighted by molar-refractivity contribution is -0.385. The Kier molecular flexibility index (Phi) is 4.01. The minimum absolute atomic E-state index is 0.0607. The second kappa shape index (κ2) is 5.72. The molecule has 2 aromatic carbocycles. The normalized spacial score (nSPS) is 9.85. The van der Waals surface area contributed by atoms with Crippen molar-refractivity contribution in [2.45, 2.75) is 6.92 Å². The van der Waals surface area contributed by atoms with Gasteiger partial charge in [0.05, 0.1) is 16.6 Å². The van der Waals surface area contributed by atoms with Crippen molar-refractivity contribution in [3.63, 3.8) is 0 Å². The highest BCUT2D eigenvalue weighted by atomic mass is 79.9. The van der Waals surface area contributed by atoms with Crippen LogP contribution in [0, 0.1) is 28.4 Å². The molecule has 100 valence electrons. The zero-order valence-electron chi connectivity index (χ0n) is 10.6. The molecule has 0 amide bonds. The molecule has 0 spiro atoms. The molecule has 0 atom stereocenters. The fourth-order valence-electron chi connectivity index (χ4n) is 1.78. The van der Waals surface area contributed by atoms with Gasteiger partial charge in [0.2, 0.25) is 0 Å². The number of hydrogen-bond donors (Lipinski definition) is 1. The van der Waals surface area contributed by atoms with Crippen LogP contribution in [0.1, 0.15) is 11.1 Å². The molecule has 0 saturated heterocycles. The molecule has 0 bridgehead atoms. The molecule has 2 rings (SSSR count). The molecule has 0 radical (unpaired) electrons. The Balaban J connectivity index is 2.35.